The summed E-state index contributed by atoms with van der Waals surface area (Å²) in [6, 6.07) is 15.8. The van der Waals surface area contributed by atoms with Crippen LogP contribution in [-0.2, 0) is 24.2 Å². The summed E-state index contributed by atoms with van der Waals surface area (Å²) in [5.41, 5.74) is 4.10. The molecule has 46 heavy (non-hydrogen) atoms. The van der Waals surface area contributed by atoms with Gasteiger partial charge in [0, 0.05) is 42.9 Å². The van der Waals surface area contributed by atoms with Gasteiger partial charge in [0.05, 0.1) is 12.1 Å². The highest BCUT2D eigenvalue weighted by Gasteiger charge is 2.29. The summed E-state index contributed by atoms with van der Waals surface area (Å²) in [6.45, 7) is 7.14. The van der Waals surface area contributed by atoms with E-state index in [-0.39, 0.29) is 31.4 Å². The molecule has 4 rings (SSSR count). The highest BCUT2D eigenvalue weighted by molar-refractivity contribution is 6.00. The number of carbonyl (C=O) groups excluding carboxylic acids is 2. The van der Waals surface area contributed by atoms with Gasteiger partial charge in [-0.25, -0.2) is 8.78 Å². The lowest BCUT2D eigenvalue weighted by Gasteiger charge is -2.26. The molecule has 0 saturated carbocycles. The summed E-state index contributed by atoms with van der Waals surface area (Å²) in [4.78, 5) is 37.3. The first-order chi connectivity index (χ1) is 22.1. The maximum absolute atomic E-state index is 14.0. The number of carboxylic acid groups (broad SMARTS) is 1. The second kappa shape index (κ2) is 18.1. The highest BCUT2D eigenvalue weighted by Crippen LogP contribution is 2.24. The Morgan fingerprint density at radius 2 is 1.67 bits per heavy atom. The van der Waals surface area contributed by atoms with Crippen LogP contribution in [0.4, 0.5) is 8.78 Å². The van der Waals surface area contributed by atoms with Crippen molar-refractivity contribution in [3.8, 4) is 0 Å². The van der Waals surface area contributed by atoms with E-state index in [2.05, 4.69) is 36.6 Å². The summed E-state index contributed by atoms with van der Waals surface area (Å²) in [7, 11) is 0. The zero-order valence-corrected chi connectivity index (χ0v) is 26.8. The largest absolute Gasteiger partial charge is 0.483 e. The number of halogens is 2. The van der Waals surface area contributed by atoms with Gasteiger partial charge < -0.3 is 25.7 Å². The molecule has 4 N–H and O–H groups in total. The molecule has 3 atom stereocenters. The van der Waals surface area contributed by atoms with Gasteiger partial charge in [0.1, 0.15) is 11.6 Å². The van der Waals surface area contributed by atoms with Crippen LogP contribution in [0.5, 0.6) is 0 Å². The minimum Gasteiger partial charge on any atom is -0.483 e. The summed E-state index contributed by atoms with van der Waals surface area (Å²) in [5.74, 6) is -2.01. The van der Waals surface area contributed by atoms with Gasteiger partial charge >= 0.3 is 0 Å². The van der Waals surface area contributed by atoms with Gasteiger partial charge in [-0.05, 0) is 91.6 Å². The van der Waals surface area contributed by atoms with Crippen molar-refractivity contribution in [3.63, 3.8) is 0 Å². The highest BCUT2D eigenvalue weighted by atomic mass is 19.1. The lowest BCUT2D eigenvalue weighted by Crippen LogP contribution is -2.48. The van der Waals surface area contributed by atoms with Gasteiger partial charge in [-0.2, -0.15) is 0 Å². The molecule has 3 aromatic rings. The summed E-state index contributed by atoms with van der Waals surface area (Å²) in [5, 5.41) is 24.2. The molecule has 0 radical (unpaired) electrons. The van der Waals surface area contributed by atoms with Crippen molar-refractivity contribution < 1.29 is 33.4 Å². The number of nitrogens with zero attached hydrogens (tertiary/aromatic N) is 1. The molecular weight excluding hydrogens is 592 g/mol. The van der Waals surface area contributed by atoms with E-state index in [4.69, 9.17) is 9.90 Å². The topological polar surface area (TPSA) is 119 Å². The van der Waals surface area contributed by atoms with Crippen LogP contribution >= 0.6 is 0 Å². The lowest BCUT2D eigenvalue weighted by molar-refractivity contribution is -0.122. The third kappa shape index (κ3) is 10.7. The maximum Gasteiger partial charge on any atom is 0.290 e. The zero-order valence-electron chi connectivity index (χ0n) is 26.8. The molecule has 1 aliphatic rings. The van der Waals surface area contributed by atoms with E-state index < -0.39 is 29.7 Å². The second-order valence-electron chi connectivity index (χ2n) is 11.7. The Bertz CT molecular complexity index is 1450. The van der Waals surface area contributed by atoms with Gasteiger partial charge in [-0.15, -0.1) is 0 Å². The molecule has 1 heterocycles. The Morgan fingerprint density at radius 3 is 2.35 bits per heavy atom. The van der Waals surface area contributed by atoms with Gasteiger partial charge in [-0.3, -0.25) is 14.4 Å². The van der Waals surface area contributed by atoms with Crippen LogP contribution in [0.2, 0.25) is 0 Å². The van der Waals surface area contributed by atoms with Gasteiger partial charge in [0.25, 0.3) is 18.3 Å². The van der Waals surface area contributed by atoms with E-state index in [1.807, 2.05) is 24.0 Å². The number of carbonyl (C=O) groups is 3. The average molecular weight is 638 g/mol. The predicted octanol–water partition coefficient (Wildman–Crippen LogP) is 5.43. The second-order valence-corrected chi connectivity index (χ2v) is 11.7. The van der Waals surface area contributed by atoms with Crippen molar-refractivity contribution in [2.24, 2.45) is 0 Å². The Morgan fingerprint density at radius 1 is 1.00 bits per heavy atom. The molecule has 0 aromatic heterocycles. The van der Waals surface area contributed by atoms with Crippen molar-refractivity contribution >= 4 is 18.3 Å². The Kier molecular flexibility index (Phi) is 14.3. The van der Waals surface area contributed by atoms with Crippen molar-refractivity contribution in [2.75, 3.05) is 13.1 Å². The molecule has 1 saturated heterocycles. The number of rotatable bonds is 13. The fourth-order valence-electron chi connectivity index (χ4n) is 5.92. The molecule has 10 heteroatoms. The molecule has 1 fully saturated rings. The van der Waals surface area contributed by atoms with Crippen LogP contribution in [0.1, 0.15) is 82.5 Å². The van der Waals surface area contributed by atoms with E-state index in [1.54, 1.807) is 18.2 Å². The number of aliphatic hydroxyl groups excluding tert-OH is 1. The third-order valence-corrected chi connectivity index (χ3v) is 8.09. The maximum atomic E-state index is 14.0. The van der Waals surface area contributed by atoms with Crippen LogP contribution < -0.4 is 10.6 Å². The number of aryl methyl sites for hydroxylation is 2. The first kappa shape index (κ1) is 36.3. The van der Waals surface area contributed by atoms with Crippen LogP contribution in [-0.4, -0.2) is 64.7 Å². The van der Waals surface area contributed by atoms with Crippen LogP contribution in [0.3, 0.4) is 0 Å². The minimum atomic E-state index is -1.06. The normalized spacial score (nSPS) is 15.4. The van der Waals surface area contributed by atoms with Crippen LogP contribution in [0.15, 0.2) is 60.7 Å². The number of nitrogens with one attached hydrogen (secondary N) is 2. The van der Waals surface area contributed by atoms with E-state index in [9.17, 15) is 23.5 Å². The Balaban J connectivity index is 0.00000185. The standard InChI is InChI=1S/C35H43F2N3O3.CH2O2/c1-4-8-31-11-7-12-40(31)35(43)28-14-23(3)13-27(19-28)34(42)39-32(18-26-16-29(36)20-30(37)17-26)33(41)22-38-21-25-10-6-9-24(5-2)15-25;2-1-3/h6,9-10,13-17,19-20,31-33,38,41H,4-5,7-8,11-12,18,21-22H2,1-3H3,(H,39,42);1H,(H,2,3)/t31-,32-,33+;/m0./s1. The molecule has 1 aliphatic heterocycles. The first-order valence-corrected chi connectivity index (χ1v) is 15.8. The smallest absolute Gasteiger partial charge is 0.290 e. The van der Waals surface area contributed by atoms with Crippen LogP contribution in [0.25, 0.3) is 0 Å². The number of hydrogen-bond donors (Lipinski definition) is 4. The fourth-order valence-corrected chi connectivity index (χ4v) is 5.92. The lowest BCUT2D eigenvalue weighted by atomic mass is 9.99. The number of aliphatic hydroxyl groups is 1. The monoisotopic (exact) mass is 637 g/mol. The van der Waals surface area contributed by atoms with E-state index >= 15 is 0 Å². The molecule has 8 nitrogen and oxygen atoms in total. The van der Waals surface area contributed by atoms with Crippen molar-refractivity contribution in [2.45, 2.75) is 84.0 Å². The molecule has 0 unspecified atom stereocenters. The molecular formula is C36H45F2N3O5. The predicted molar refractivity (Wildman–Crippen MR) is 174 cm³/mol. The fraction of sp³-hybridized carbons (Fsp3) is 0.417. The molecule has 3 aromatic carbocycles. The van der Waals surface area contributed by atoms with E-state index in [0.29, 0.717) is 29.8 Å². The summed E-state index contributed by atoms with van der Waals surface area (Å²) >= 11 is 0. The Labute approximate surface area is 269 Å². The average Bonchev–Trinajstić information content (AvgIpc) is 3.48. The molecule has 0 bridgehead atoms. The van der Waals surface area contributed by atoms with Crippen molar-refractivity contribution in [1.82, 2.24) is 15.5 Å². The van der Waals surface area contributed by atoms with E-state index in [1.165, 1.54) is 17.7 Å². The van der Waals surface area contributed by atoms with Crippen LogP contribution in [0, 0.1) is 18.6 Å². The zero-order chi connectivity index (χ0) is 33.6. The third-order valence-electron chi connectivity index (χ3n) is 8.09. The SMILES string of the molecule is CCC[C@H]1CCCN1C(=O)c1cc(C)cc(C(=O)N[C@@H](Cc2cc(F)cc(F)c2)[C@H](O)CNCc2cccc(CC)c2)c1.O=CO. The first-order valence-electron chi connectivity index (χ1n) is 15.8. The molecule has 2 amide bonds. The summed E-state index contributed by atoms with van der Waals surface area (Å²) in [6.07, 6.45) is 3.76. The number of amides is 2. The Hall–Kier alpha value is -4.15. The summed E-state index contributed by atoms with van der Waals surface area (Å²) < 4.78 is 28.0. The molecule has 0 aliphatic carbocycles. The van der Waals surface area contributed by atoms with Gasteiger partial charge in [0.15, 0.2) is 0 Å². The molecule has 0 spiro atoms. The van der Waals surface area contributed by atoms with Crippen molar-refractivity contribution in [3.05, 3.63) is 106 Å². The van der Waals surface area contributed by atoms with Gasteiger partial charge in [-0.1, -0.05) is 44.5 Å². The minimum absolute atomic E-state index is 0.0126. The molecule has 248 valence electrons. The number of hydrogen-bond acceptors (Lipinski definition) is 5. The number of likely N-dealkylation sites (tertiary alicyclic amines) is 1. The quantitative estimate of drug-likeness (QED) is 0.186. The number of benzene rings is 3. The van der Waals surface area contributed by atoms with Crippen molar-refractivity contribution in [1.29, 1.82) is 0 Å². The van der Waals surface area contributed by atoms with E-state index in [0.717, 1.165) is 49.3 Å². The van der Waals surface area contributed by atoms with Gasteiger partial charge in [0.2, 0.25) is 0 Å².